The molecule has 0 aliphatic carbocycles. The molecule has 0 aliphatic heterocycles. The standard InChI is InChI=1S/C48H60N2O8/c1-5-49(6-2)35-27-29-41(43(51)33-35)45(53)37-23-17-19-25-39(37)47(55)57-31-21-15-13-11-9-10-12-14-16-22-32-58-48(56)40-26-20-18-24-38(40)46(54)42-30-28-36(34-44(42)52)50(7-3)8-4/h17-20,23-30,33-34,51-52H,5-16,21-22,31-32H2,1-4H3. The average Bonchev–Trinajstić information content (AvgIpc) is 3.24. The number of hydrogen-bond acceptors (Lipinski definition) is 10. The summed E-state index contributed by atoms with van der Waals surface area (Å²) in [6.07, 6.45) is 9.84. The highest BCUT2D eigenvalue weighted by molar-refractivity contribution is 6.16. The molecule has 0 radical (unpaired) electrons. The third-order valence-electron chi connectivity index (χ3n) is 10.5. The molecule has 4 rings (SSSR count). The largest absolute Gasteiger partial charge is 0.507 e. The topological polar surface area (TPSA) is 134 Å². The first kappa shape index (κ1) is 45.1. The number of nitrogens with zero attached hydrogens (tertiary/aromatic N) is 2. The highest BCUT2D eigenvalue weighted by Gasteiger charge is 2.23. The molecule has 58 heavy (non-hydrogen) atoms. The summed E-state index contributed by atoms with van der Waals surface area (Å²) in [5.74, 6) is -2.20. The summed E-state index contributed by atoms with van der Waals surface area (Å²) in [6, 6.07) is 23.1. The Kier molecular flexibility index (Phi) is 18.3. The van der Waals surface area contributed by atoms with Gasteiger partial charge in [0.05, 0.1) is 35.5 Å². The van der Waals surface area contributed by atoms with Gasteiger partial charge in [-0.1, -0.05) is 87.8 Å². The summed E-state index contributed by atoms with van der Waals surface area (Å²) < 4.78 is 11.1. The predicted octanol–water partition coefficient (Wildman–Crippen LogP) is 10.2. The number of carbonyl (C=O) groups excluding carboxylic acids is 4. The van der Waals surface area contributed by atoms with Crippen molar-refractivity contribution in [2.24, 2.45) is 0 Å². The van der Waals surface area contributed by atoms with Crippen LogP contribution in [0.1, 0.15) is 144 Å². The third kappa shape index (κ3) is 12.4. The molecule has 0 bridgehead atoms. The number of hydrogen-bond donors (Lipinski definition) is 2. The minimum Gasteiger partial charge on any atom is -0.507 e. The van der Waals surface area contributed by atoms with E-state index in [1.165, 1.54) is 0 Å². The van der Waals surface area contributed by atoms with E-state index >= 15 is 0 Å². The first-order valence-corrected chi connectivity index (χ1v) is 20.9. The molecule has 0 heterocycles. The Labute approximate surface area is 343 Å². The van der Waals surface area contributed by atoms with Gasteiger partial charge in [0.2, 0.25) is 0 Å². The molecule has 0 spiro atoms. The van der Waals surface area contributed by atoms with Gasteiger partial charge in [-0.15, -0.1) is 0 Å². The number of anilines is 2. The molecule has 4 aromatic carbocycles. The fourth-order valence-corrected chi connectivity index (χ4v) is 7.11. The number of phenolic OH excluding ortho intramolecular Hbond substituents is 2. The number of aromatic hydroxyl groups is 2. The summed E-state index contributed by atoms with van der Waals surface area (Å²) in [5, 5.41) is 21.3. The molecule has 310 valence electrons. The molecule has 0 unspecified atom stereocenters. The highest BCUT2D eigenvalue weighted by atomic mass is 16.5. The molecule has 0 aromatic heterocycles. The van der Waals surface area contributed by atoms with Crippen LogP contribution in [0, 0.1) is 0 Å². The average molecular weight is 793 g/mol. The van der Waals surface area contributed by atoms with Gasteiger partial charge in [0, 0.05) is 60.8 Å². The van der Waals surface area contributed by atoms with Crippen LogP contribution in [-0.4, -0.2) is 73.1 Å². The number of benzene rings is 4. The molecule has 0 aliphatic rings. The number of carbonyl (C=O) groups is 4. The van der Waals surface area contributed by atoms with Gasteiger partial charge in [-0.2, -0.15) is 0 Å². The molecule has 0 fully saturated rings. The summed E-state index contributed by atoms with van der Waals surface area (Å²) in [5.41, 5.74) is 2.70. The zero-order valence-electron chi connectivity index (χ0n) is 34.6. The van der Waals surface area contributed by atoms with Crippen molar-refractivity contribution in [1.29, 1.82) is 0 Å². The molecule has 0 saturated carbocycles. The van der Waals surface area contributed by atoms with E-state index < -0.39 is 23.5 Å². The van der Waals surface area contributed by atoms with Gasteiger partial charge in [0.15, 0.2) is 11.6 Å². The third-order valence-corrected chi connectivity index (χ3v) is 10.5. The fourth-order valence-electron chi connectivity index (χ4n) is 7.11. The molecule has 10 nitrogen and oxygen atoms in total. The monoisotopic (exact) mass is 792 g/mol. The molecule has 0 saturated heterocycles. The van der Waals surface area contributed by atoms with Crippen LogP contribution in [0.5, 0.6) is 11.5 Å². The van der Waals surface area contributed by atoms with Crippen molar-refractivity contribution in [3.63, 3.8) is 0 Å². The van der Waals surface area contributed by atoms with E-state index in [1.807, 2.05) is 27.7 Å². The second kappa shape index (κ2) is 23.6. The molecule has 2 N–H and O–H groups in total. The normalized spacial score (nSPS) is 10.9. The van der Waals surface area contributed by atoms with E-state index in [4.69, 9.17) is 9.47 Å². The van der Waals surface area contributed by atoms with Crippen LogP contribution in [0.2, 0.25) is 0 Å². The zero-order valence-corrected chi connectivity index (χ0v) is 34.6. The first-order valence-electron chi connectivity index (χ1n) is 20.9. The number of ether oxygens (including phenoxy) is 2. The SMILES string of the molecule is CCN(CC)c1ccc(C(=O)c2ccccc2C(=O)OCCCCCCCCCCCCOC(=O)c2ccccc2C(=O)c2ccc(N(CC)CC)cc2O)c(O)c1. The lowest BCUT2D eigenvalue weighted by Gasteiger charge is -2.21. The lowest BCUT2D eigenvalue weighted by atomic mass is 9.97. The van der Waals surface area contributed by atoms with Crippen LogP contribution in [0.4, 0.5) is 11.4 Å². The van der Waals surface area contributed by atoms with Crippen molar-refractivity contribution in [2.45, 2.75) is 91.9 Å². The Bertz CT molecular complexity index is 1830. The maximum Gasteiger partial charge on any atom is 0.338 e. The van der Waals surface area contributed by atoms with Gasteiger partial charge in [-0.25, -0.2) is 9.59 Å². The minimum atomic E-state index is -0.549. The second-order valence-electron chi connectivity index (χ2n) is 14.3. The predicted molar refractivity (Wildman–Crippen MR) is 230 cm³/mol. The van der Waals surface area contributed by atoms with Crippen LogP contribution in [0.3, 0.4) is 0 Å². The Morgan fingerprint density at radius 1 is 0.431 bits per heavy atom. The van der Waals surface area contributed by atoms with E-state index in [2.05, 4.69) is 9.80 Å². The van der Waals surface area contributed by atoms with E-state index in [1.54, 1.807) is 84.9 Å². The molecule has 0 atom stereocenters. The lowest BCUT2D eigenvalue weighted by Crippen LogP contribution is -2.21. The molecule has 10 heteroatoms. The fraction of sp³-hybridized carbons (Fsp3) is 0.417. The van der Waals surface area contributed by atoms with Crippen molar-refractivity contribution in [3.05, 3.63) is 118 Å². The molecular weight excluding hydrogens is 733 g/mol. The van der Waals surface area contributed by atoms with Crippen LogP contribution in [-0.2, 0) is 9.47 Å². The number of ketones is 2. The lowest BCUT2D eigenvalue weighted by molar-refractivity contribution is 0.0486. The van der Waals surface area contributed by atoms with Gasteiger partial charge in [0.1, 0.15) is 11.5 Å². The van der Waals surface area contributed by atoms with Gasteiger partial charge >= 0.3 is 11.9 Å². The number of unbranched alkanes of at least 4 members (excludes halogenated alkanes) is 9. The summed E-state index contributed by atoms with van der Waals surface area (Å²) in [4.78, 5) is 56.8. The summed E-state index contributed by atoms with van der Waals surface area (Å²) in [7, 11) is 0. The summed E-state index contributed by atoms with van der Waals surface area (Å²) in [6.45, 7) is 11.7. The van der Waals surface area contributed by atoms with Gasteiger partial charge in [0.25, 0.3) is 0 Å². The Morgan fingerprint density at radius 2 is 0.741 bits per heavy atom. The van der Waals surface area contributed by atoms with Crippen LogP contribution in [0.25, 0.3) is 0 Å². The Balaban J connectivity index is 1.08. The minimum absolute atomic E-state index is 0.123. The maximum absolute atomic E-state index is 13.4. The Morgan fingerprint density at radius 3 is 1.05 bits per heavy atom. The van der Waals surface area contributed by atoms with E-state index in [9.17, 15) is 29.4 Å². The summed E-state index contributed by atoms with van der Waals surface area (Å²) >= 11 is 0. The number of rotatable bonds is 25. The molecule has 0 amide bonds. The first-order chi connectivity index (χ1) is 28.1. The van der Waals surface area contributed by atoms with Crippen molar-refractivity contribution < 1.29 is 38.9 Å². The van der Waals surface area contributed by atoms with Crippen LogP contribution >= 0.6 is 0 Å². The van der Waals surface area contributed by atoms with Gasteiger partial charge < -0.3 is 29.5 Å². The van der Waals surface area contributed by atoms with Crippen molar-refractivity contribution in [2.75, 3.05) is 49.2 Å². The van der Waals surface area contributed by atoms with Gasteiger partial charge in [-0.05, 0) is 76.9 Å². The van der Waals surface area contributed by atoms with E-state index in [-0.39, 0.29) is 58.1 Å². The van der Waals surface area contributed by atoms with Crippen molar-refractivity contribution in [3.8, 4) is 11.5 Å². The zero-order chi connectivity index (χ0) is 41.9. The number of esters is 2. The van der Waals surface area contributed by atoms with Crippen molar-refractivity contribution in [1.82, 2.24) is 0 Å². The smallest absolute Gasteiger partial charge is 0.338 e. The second-order valence-corrected chi connectivity index (χ2v) is 14.3. The maximum atomic E-state index is 13.4. The van der Waals surface area contributed by atoms with Crippen LogP contribution < -0.4 is 9.80 Å². The molecule has 4 aromatic rings. The van der Waals surface area contributed by atoms with Crippen LogP contribution in [0.15, 0.2) is 84.9 Å². The molecular formula is C48H60N2O8. The van der Waals surface area contributed by atoms with Crippen molar-refractivity contribution >= 4 is 34.9 Å². The quantitative estimate of drug-likeness (QED) is 0.0379. The Hall–Kier alpha value is -5.64. The van der Waals surface area contributed by atoms with E-state index in [0.29, 0.717) is 0 Å². The van der Waals surface area contributed by atoms with E-state index in [0.717, 1.165) is 102 Å². The van der Waals surface area contributed by atoms with Gasteiger partial charge in [-0.3, -0.25) is 9.59 Å². The number of phenols is 2. The highest BCUT2D eigenvalue weighted by Crippen LogP contribution is 2.29.